The Morgan fingerprint density at radius 2 is 1.88 bits per heavy atom. The fourth-order valence-corrected chi connectivity index (χ4v) is 6.06. The zero-order chi connectivity index (χ0) is 23.4. The highest BCUT2D eigenvalue weighted by atomic mass is 19.2. The molecule has 1 aromatic heterocycles. The smallest absolute Gasteiger partial charge is 0.280 e. The van der Waals surface area contributed by atoms with Crippen molar-refractivity contribution < 1.29 is 14.0 Å². The van der Waals surface area contributed by atoms with Gasteiger partial charge in [0, 0.05) is 34.5 Å². The van der Waals surface area contributed by atoms with Crippen LogP contribution in [0.4, 0.5) is 4.48 Å². The third kappa shape index (κ3) is 3.98. The number of fused-ring (bicyclic) bond motifs is 2. The number of halogens is 1. The zero-order valence-corrected chi connectivity index (χ0v) is 20.5. The molecule has 1 N–H and O–H groups in total. The number of amides is 1. The molecule has 0 radical (unpaired) electrons. The molecule has 2 heterocycles. The van der Waals surface area contributed by atoms with E-state index in [1.54, 1.807) is 0 Å². The van der Waals surface area contributed by atoms with Gasteiger partial charge in [-0.05, 0) is 74.1 Å². The van der Waals surface area contributed by atoms with E-state index in [0.717, 1.165) is 42.3 Å². The molecule has 2 saturated carbocycles. The summed E-state index contributed by atoms with van der Waals surface area (Å²) in [5.74, 6) is 1.01. The molecule has 1 aromatic carbocycles. The predicted molar refractivity (Wildman–Crippen MR) is 129 cm³/mol. The number of rotatable bonds is 4. The SMILES string of the molecule is Cc1c(C(=O)NF)cc(-c2cc(C(C)(C)C)c3c(c2)C2(CCO3)CC2)n1CC1CCCCC1. The molecule has 0 saturated heterocycles. The number of nitrogens with one attached hydrogen (secondary N) is 1. The van der Waals surface area contributed by atoms with E-state index >= 15 is 0 Å². The van der Waals surface area contributed by atoms with Crippen LogP contribution in [0.2, 0.25) is 0 Å². The summed E-state index contributed by atoms with van der Waals surface area (Å²) in [7, 11) is 0. The van der Waals surface area contributed by atoms with Crippen molar-refractivity contribution in [1.29, 1.82) is 0 Å². The van der Waals surface area contributed by atoms with E-state index in [-0.39, 0.29) is 10.8 Å². The number of carbonyl (C=O) groups is 1. The molecule has 1 amide bonds. The molecule has 1 spiro atoms. The number of aromatic nitrogens is 1. The van der Waals surface area contributed by atoms with Gasteiger partial charge in [0.2, 0.25) is 0 Å². The van der Waals surface area contributed by atoms with Crippen molar-refractivity contribution in [3.63, 3.8) is 0 Å². The second kappa shape index (κ2) is 8.18. The lowest BCUT2D eigenvalue weighted by Gasteiger charge is -2.33. The molecule has 2 aromatic rings. The number of ether oxygens (including phenoxy) is 1. The van der Waals surface area contributed by atoms with Crippen LogP contribution in [-0.4, -0.2) is 17.1 Å². The largest absolute Gasteiger partial charge is 0.493 e. The summed E-state index contributed by atoms with van der Waals surface area (Å²) in [5.41, 5.74) is 7.50. The third-order valence-corrected chi connectivity index (χ3v) is 8.31. The summed E-state index contributed by atoms with van der Waals surface area (Å²) < 4.78 is 21.7. The van der Waals surface area contributed by atoms with Crippen LogP contribution >= 0.6 is 0 Å². The van der Waals surface area contributed by atoms with Crippen LogP contribution in [0.1, 0.15) is 99.3 Å². The molecular weight excluding hydrogens is 415 g/mol. The Hall–Kier alpha value is -2.30. The van der Waals surface area contributed by atoms with Gasteiger partial charge in [0.05, 0.1) is 12.2 Å². The molecule has 5 heteroatoms. The second-order valence-electron chi connectivity index (χ2n) is 11.6. The Morgan fingerprint density at radius 1 is 1.15 bits per heavy atom. The minimum atomic E-state index is -0.660. The molecule has 178 valence electrons. The van der Waals surface area contributed by atoms with E-state index in [9.17, 15) is 9.28 Å². The molecular formula is C28H37FN2O2. The van der Waals surface area contributed by atoms with Gasteiger partial charge >= 0.3 is 0 Å². The van der Waals surface area contributed by atoms with E-state index in [1.165, 1.54) is 61.6 Å². The van der Waals surface area contributed by atoms with Gasteiger partial charge in [-0.1, -0.05) is 44.5 Å². The maximum absolute atomic E-state index is 13.2. The molecule has 33 heavy (non-hydrogen) atoms. The van der Waals surface area contributed by atoms with Crippen molar-refractivity contribution in [2.75, 3.05) is 6.61 Å². The Morgan fingerprint density at radius 3 is 2.52 bits per heavy atom. The molecule has 2 fully saturated rings. The van der Waals surface area contributed by atoms with Crippen molar-refractivity contribution in [2.24, 2.45) is 5.92 Å². The summed E-state index contributed by atoms with van der Waals surface area (Å²) in [4.78, 5) is 12.4. The Kier molecular flexibility index (Phi) is 5.57. The fourth-order valence-electron chi connectivity index (χ4n) is 6.06. The summed E-state index contributed by atoms with van der Waals surface area (Å²) in [6.45, 7) is 10.3. The number of nitrogens with zero attached hydrogens (tertiary/aromatic N) is 1. The van der Waals surface area contributed by atoms with Gasteiger partial charge in [-0.3, -0.25) is 4.79 Å². The normalized spacial score (nSPS) is 19.8. The van der Waals surface area contributed by atoms with Gasteiger partial charge in [-0.2, -0.15) is 5.54 Å². The molecule has 5 rings (SSSR count). The molecule has 4 nitrogen and oxygen atoms in total. The van der Waals surface area contributed by atoms with Crippen LogP contribution in [0.5, 0.6) is 5.75 Å². The van der Waals surface area contributed by atoms with Crippen molar-refractivity contribution in [1.82, 2.24) is 10.1 Å². The summed E-state index contributed by atoms with van der Waals surface area (Å²) in [6, 6.07) is 6.45. The first-order valence-electron chi connectivity index (χ1n) is 12.7. The Bertz CT molecular complexity index is 1050. The van der Waals surface area contributed by atoms with Crippen LogP contribution in [0.25, 0.3) is 11.3 Å². The lowest BCUT2D eigenvalue weighted by Crippen LogP contribution is -2.24. The van der Waals surface area contributed by atoms with Crippen LogP contribution in [-0.2, 0) is 17.4 Å². The van der Waals surface area contributed by atoms with Gasteiger partial charge in [-0.25, -0.2) is 0 Å². The highest BCUT2D eigenvalue weighted by Gasteiger charge is 2.49. The number of hydrogen-bond acceptors (Lipinski definition) is 2. The second-order valence-corrected chi connectivity index (χ2v) is 11.6. The Balaban J connectivity index is 1.67. The number of carbonyl (C=O) groups excluding carboxylic acids is 1. The maximum atomic E-state index is 13.2. The Labute approximate surface area is 196 Å². The average Bonchev–Trinajstić information content (AvgIpc) is 3.50. The van der Waals surface area contributed by atoms with E-state index in [4.69, 9.17) is 4.74 Å². The van der Waals surface area contributed by atoms with Crippen molar-refractivity contribution in [3.8, 4) is 17.0 Å². The van der Waals surface area contributed by atoms with Crippen molar-refractivity contribution >= 4 is 5.91 Å². The number of benzene rings is 1. The third-order valence-electron chi connectivity index (χ3n) is 8.31. The minimum Gasteiger partial charge on any atom is -0.493 e. The molecule has 3 aliphatic rings. The topological polar surface area (TPSA) is 43.3 Å². The maximum Gasteiger partial charge on any atom is 0.280 e. The highest BCUT2D eigenvalue weighted by Crippen LogP contribution is 2.58. The molecule has 0 bridgehead atoms. The van der Waals surface area contributed by atoms with E-state index < -0.39 is 5.91 Å². The molecule has 0 unspecified atom stereocenters. The summed E-state index contributed by atoms with van der Waals surface area (Å²) in [6.07, 6.45) is 9.79. The van der Waals surface area contributed by atoms with Crippen LogP contribution in [0, 0.1) is 12.8 Å². The highest BCUT2D eigenvalue weighted by molar-refractivity contribution is 5.96. The van der Waals surface area contributed by atoms with Gasteiger partial charge in [0.25, 0.3) is 5.91 Å². The molecule has 2 aliphatic carbocycles. The lowest BCUT2D eigenvalue weighted by molar-refractivity contribution is 0.0858. The van der Waals surface area contributed by atoms with Crippen LogP contribution < -0.4 is 10.3 Å². The van der Waals surface area contributed by atoms with E-state index in [1.807, 2.05) is 13.0 Å². The predicted octanol–water partition coefficient (Wildman–Crippen LogP) is 6.77. The van der Waals surface area contributed by atoms with E-state index in [2.05, 4.69) is 37.5 Å². The minimum absolute atomic E-state index is 0.0670. The van der Waals surface area contributed by atoms with Gasteiger partial charge in [0.1, 0.15) is 5.75 Å². The lowest BCUT2D eigenvalue weighted by atomic mass is 9.79. The van der Waals surface area contributed by atoms with Crippen molar-refractivity contribution in [2.45, 2.75) is 96.4 Å². The fraction of sp³-hybridized carbons (Fsp3) is 0.607. The molecule has 1 aliphatic heterocycles. The van der Waals surface area contributed by atoms with E-state index in [0.29, 0.717) is 11.5 Å². The van der Waals surface area contributed by atoms with Crippen LogP contribution in [0.15, 0.2) is 18.2 Å². The molecule has 0 atom stereocenters. The monoisotopic (exact) mass is 452 g/mol. The quantitative estimate of drug-likeness (QED) is 0.520. The van der Waals surface area contributed by atoms with Gasteiger partial charge < -0.3 is 9.30 Å². The first-order chi connectivity index (χ1) is 15.7. The van der Waals surface area contributed by atoms with Crippen LogP contribution in [0.3, 0.4) is 0 Å². The summed E-state index contributed by atoms with van der Waals surface area (Å²) >= 11 is 0. The first kappa shape index (κ1) is 22.5. The van der Waals surface area contributed by atoms with Gasteiger partial charge in [0.15, 0.2) is 0 Å². The standard InChI is InChI=1S/C28H37FN2O2/c1-18-21(26(32)30-29)16-24(31(18)17-19-8-6-5-7-9-19)20-14-22(27(2,3)4)25-23(15-20)28(10-11-28)12-13-33-25/h14-16,19H,5-13,17H2,1-4H3,(H,30,32). The van der Waals surface area contributed by atoms with Crippen molar-refractivity contribution in [3.05, 3.63) is 40.6 Å². The first-order valence-corrected chi connectivity index (χ1v) is 12.7. The number of hydrogen-bond donors (Lipinski definition) is 1. The zero-order valence-electron chi connectivity index (χ0n) is 20.5. The average molecular weight is 453 g/mol. The van der Waals surface area contributed by atoms with Gasteiger partial charge in [-0.15, -0.1) is 0 Å². The summed E-state index contributed by atoms with van der Waals surface area (Å²) in [5, 5.41) is 0.